The van der Waals surface area contributed by atoms with Crippen LogP contribution in [0.15, 0.2) is 0 Å². The van der Waals surface area contributed by atoms with Crippen molar-refractivity contribution in [1.29, 1.82) is 0 Å². The molecule has 48 valence electrons. The third-order valence-electron chi connectivity index (χ3n) is 0.678. The Morgan fingerprint density at radius 2 is 1.50 bits per heavy atom. The van der Waals surface area contributed by atoms with Crippen molar-refractivity contribution < 1.29 is 25.3 Å². The average Bonchev–Trinajstić information content (AvgIpc) is 1.64. The number of rotatable bonds is 2. The first kappa shape index (κ1) is 7.85. The fraction of sp³-hybridized carbons (Fsp3) is 0.600. The maximum atomic E-state index is 10.3. The van der Waals surface area contributed by atoms with Crippen LogP contribution in [0, 0.1) is 0 Å². The molecule has 0 N–H and O–H groups in total. The average molecular weight is 158 g/mol. The predicted octanol–water partition coefficient (Wildman–Crippen LogP) is 0.500. The Labute approximate surface area is 56.2 Å². The van der Waals surface area contributed by atoms with Gasteiger partial charge in [0.2, 0.25) is 0 Å². The Hall–Kier alpha value is -0.154. The van der Waals surface area contributed by atoms with Crippen LogP contribution in [0.3, 0.4) is 0 Å². The third kappa shape index (κ3) is 2.23. The second-order valence-electron chi connectivity index (χ2n) is 1.56. The third-order valence-corrected chi connectivity index (χ3v) is 1.52. The molecule has 8 heavy (non-hydrogen) atoms. The van der Waals surface area contributed by atoms with E-state index in [2.05, 4.69) is 15.7 Å². The van der Waals surface area contributed by atoms with Crippen LogP contribution in [0.25, 0.3) is 0 Å². The van der Waals surface area contributed by atoms with Crippen LogP contribution in [0.4, 0.5) is 0 Å². The van der Waals surface area contributed by atoms with Gasteiger partial charge in [-0.2, -0.15) is 0 Å². The van der Waals surface area contributed by atoms with E-state index >= 15 is 0 Å². The van der Waals surface area contributed by atoms with Gasteiger partial charge in [0.1, 0.15) is 0 Å². The van der Waals surface area contributed by atoms with Crippen molar-refractivity contribution in [3.8, 4) is 0 Å². The van der Waals surface area contributed by atoms with Crippen LogP contribution in [0.2, 0.25) is 4.85 Å². The van der Waals surface area contributed by atoms with Crippen LogP contribution >= 0.6 is 0 Å². The van der Waals surface area contributed by atoms with E-state index in [0.29, 0.717) is 0 Å². The van der Waals surface area contributed by atoms with Crippen molar-refractivity contribution in [3.63, 3.8) is 0 Å². The molecule has 0 rings (SSSR count). The van der Waals surface area contributed by atoms with Crippen molar-refractivity contribution in [1.82, 2.24) is 0 Å². The van der Waals surface area contributed by atoms with Crippen molar-refractivity contribution in [2.45, 2.75) is 18.7 Å². The van der Waals surface area contributed by atoms with Gasteiger partial charge in [-0.05, 0) is 0 Å². The molecule has 0 heterocycles. The van der Waals surface area contributed by atoms with Crippen molar-refractivity contribution in [2.24, 2.45) is 0 Å². The quantitative estimate of drug-likeness (QED) is 0.548. The summed E-state index contributed by atoms with van der Waals surface area (Å²) in [6.45, 7) is 2.69. The van der Waals surface area contributed by atoms with Crippen molar-refractivity contribution in [3.05, 3.63) is 0 Å². The predicted molar refractivity (Wildman–Crippen MR) is 25.1 cm³/mol. The molecule has 0 amide bonds. The fourth-order valence-electron chi connectivity index (χ4n) is 0.286. The molecule has 0 aliphatic rings. The molecule has 0 saturated carbocycles. The number of carbonyl (C=O) groups is 2. The summed E-state index contributed by atoms with van der Waals surface area (Å²) in [6, 6.07) is 0. The van der Waals surface area contributed by atoms with E-state index in [9.17, 15) is 9.59 Å². The first-order valence-electron chi connectivity index (χ1n) is 2.18. The molecule has 0 atom stereocenters. The zero-order valence-electron chi connectivity index (χ0n) is 4.73. The van der Waals surface area contributed by atoms with Gasteiger partial charge in [-0.25, -0.2) is 0 Å². The fourth-order valence-corrected chi connectivity index (χ4v) is 0.286. The normalized spacial score (nSPS) is 9.62. The Morgan fingerprint density at radius 3 is 1.50 bits per heavy atom. The summed E-state index contributed by atoms with van der Waals surface area (Å²) >= 11 is 3.77. The van der Waals surface area contributed by atoms with Crippen molar-refractivity contribution in [2.75, 3.05) is 0 Å². The van der Waals surface area contributed by atoms with E-state index in [1.54, 1.807) is 0 Å². The number of Topliss-reactive ketones (excluding diaryl/α,β-unsaturated/α-hetero) is 2. The van der Waals surface area contributed by atoms with Crippen LogP contribution in [0.5, 0.6) is 0 Å². The van der Waals surface area contributed by atoms with E-state index in [0.717, 1.165) is 0 Å². The molecule has 0 saturated heterocycles. The molecule has 2 nitrogen and oxygen atoms in total. The Balaban J connectivity index is 3.83. The number of hydrogen-bond donors (Lipinski definition) is 0. The summed E-state index contributed by atoms with van der Waals surface area (Å²) < 4.78 is 0. The van der Waals surface area contributed by atoms with Crippen LogP contribution in [-0.4, -0.2) is 11.6 Å². The second kappa shape index (κ2) is 2.99. The van der Waals surface area contributed by atoms with E-state index in [1.807, 2.05) is 0 Å². The van der Waals surface area contributed by atoms with E-state index in [-0.39, 0.29) is 11.6 Å². The monoisotopic (exact) mass is 158 g/mol. The number of hydrogen-bond acceptors (Lipinski definition) is 2. The molecule has 0 radical (unpaired) electrons. The van der Waals surface area contributed by atoms with Crippen LogP contribution < -0.4 is 0 Å². The number of ketones is 2. The SMILES string of the molecule is CC(=O)[CH]([Co])C(C)=O. The molecule has 0 fully saturated rings. The molecule has 3 heteroatoms. The summed E-state index contributed by atoms with van der Waals surface area (Å²) in [5.74, 6) is -0.394. The van der Waals surface area contributed by atoms with Gasteiger partial charge < -0.3 is 0 Å². The summed E-state index contributed by atoms with van der Waals surface area (Å²) in [5.41, 5.74) is 0. The molecule has 0 aliphatic heterocycles. The topological polar surface area (TPSA) is 34.1 Å². The summed E-state index contributed by atoms with van der Waals surface area (Å²) in [5, 5.41) is 0. The van der Waals surface area contributed by atoms with Gasteiger partial charge in [0.15, 0.2) is 0 Å². The first-order chi connectivity index (χ1) is 3.55. The Bertz CT molecular complexity index is 106. The zero-order chi connectivity index (χ0) is 6.73. The minimum absolute atomic E-state index is 0.197. The summed E-state index contributed by atoms with van der Waals surface area (Å²) in [7, 11) is 0. The van der Waals surface area contributed by atoms with Gasteiger partial charge in [-0.15, -0.1) is 0 Å². The summed E-state index contributed by atoms with van der Waals surface area (Å²) in [6.07, 6.45) is 0. The van der Waals surface area contributed by atoms with Gasteiger partial charge in [0.05, 0.1) is 0 Å². The second-order valence-corrected chi connectivity index (χ2v) is 2.16. The van der Waals surface area contributed by atoms with Crippen LogP contribution in [0.1, 0.15) is 13.8 Å². The first-order valence-corrected chi connectivity index (χ1v) is 2.78. The van der Waals surface area contributed by atoms with Gasteiger partial charge in [0.25, 0.3) is 0 Å². The number of carbonyl (C=O) groups excluding carboxylic acids is 2. The van der Waals surface area contributed by atoms with Crippen molar-refractivity contribution >= 4 is 11.6 Å². The molecule has 0 aliphatic carbocycles. The van der Waals surface area contributed by atoms with Gasteiger partial charge in [-0.1, -0.05) is 0 Å². The molecular weight excluding hydrogens is 151 g/mol. The molecule has 0 aromatic rings. The molecule has 0 spiro atoms. The van der Waals surface area contributed by atoms with Crippen LogP contribution in [-0.2, 0) is 25.3 Å². The maximum absolute atomic E-state index is 10.3. The minimum atomic E-state index is -0.720. The summed E-state index contributed by atoms with van der Waals surface area (Å²) in [4.78, 5) is 19.9. The Morgan fingerprint density at radius 1 is 1.25 bits per heavy atom. The molecule has 0 bridgehead atoms. The van der Waals surface area contributed by atoms with E-state index in [1.165, 1.54) is 13.8 Å². The zero-order valence-corrected chi connectivity index (χ0v) is 5.77. The van der Waals surface area contributed by atoms with Gasteiger partial charge in [-0.3, -0.25) is 0 Å². The van der Waals surface area contributed by atoms with E-state index in [4.69, 9.17) is 0 Å². The Kier molecular flexibility index (Phi) is 2.93. The van der Waals surface area contributed by atoms with Gasteiger partial charge >= 0.3 is 55.6 Å². The standard InChI is InChI=1S/C5H7O2.Co/c1-4(6)3-5(2)7;/h3H,1-2H3;. The molecule has 0 aromatic carbocycles. The molecular formula is C5H7CoO2. The molecule has 0 aromatic heterocycles. The van der Waals surface area contributed by atoms with E-state index < -0.39 is 4.85 Å². The molecule has 0 unspecified atom stereocenters. The van der Waals surface area contributed by atoms with Gasteiger partial charge in [0, 0.05) is 0 Å².